The molecule has 2 aliphatic rings. The number of rotatable bonds is 10. The number of halogens is 1. The van der Waals surface area contributed by atoms with E-state index in [1.807, 2.05) is 48.5 Å². The third-order valence-electron chi connectivity index (χ3n) is 8.28. The van der Waals surface area contributed by atoms with Crippen molar-refractivity contribution in [3.8, 4) is 11.3 Å². The lowest BCUT2D eigenvalue weighted by molar-refractivity contribution is -0.135. The highest BCUT2D eigenvalue weighted by Crippen LogP contribution is 2.28. The third kappa shape index (κ3) is 6.95. The Morgan fingerprint density at radius 3 is 2.53 bits per heavy atom. The Labute approximate surface area is 259 Å². The van der Waals surface area contributed by atoms with Crippen molar-refractivity contribution in [2.24, 2.45) is 5.92 Å². The summed E-state index contributed by atoms with van der Waals surface area (Å²) in [5.41, 5.74) is 3.03. The second kappa shape index (κ2) is 13.2. The van der Waals surface area contributed by atoms with Crippen molar-refractivity contribution in [2.45, 2.75) is 37.8 Å². The molecule has 6 rings (SSSR count). The first kappa shape index (κ1) is 29.8. The first-order valence-corrected chi connectivity index (χ1v) is 15.0. The number of amides is 3. The predicted molar refractivity (Wildman–Crippen MR) is 166 cm³/mol. The van der Waals surface area contributed by atoms with Crippen LogP contribution in [0.1, 0.15) is 35.3 Å². The van der Waals surface area contributed by atoms with Gasteiger partial charge >= 0.3 is 5.97 Å². The van der Waals surface area contributed by atoms with Gasteiger partial charge in [-0.3, -0.25) is 14.4 Å². The van der Waals surface area contributed by atoms with Gasteiger partial charge in [0.2, 0.25) is 11.8 Å². The van der Waals surface area contributed by atoms with Crippen LogP contribution in [0.2, 0.25) is 0 Å². The zero-order valence-electron chi connectivity index (χ0n) is 24.5. The van der Waals surface area contributed by atoms with Gasteiger partial charge in [0.1, 0.15) is 17.6 Å². The van der Waals surface area contributed by atoms with Gasteiger partial charge in [0, 0.05) is 48.2 Å². The van der Waals surface area contributed by atoms with Gasteiger partial charge < -0.3 is 25.7 Å². The number of esters is 1. The van der Waals surface area contributed by atoms with Crippen LogP contribution in [0.5, 0.6) is 0 Å². The SMILES string of the molecule is O=C1OCC/C1=C\[C@H](C[C@@H]1CCNC1=O)NC(=O)[C@H](Cc1ccc(F)cc1)NC(=O)c1ccc(-c2cccc3ccccc23)[nH]1. The maximum absolute atomic E-state index is 13.8. The van der Waals surface area contributed by atoms with E-state index in [1.165, 1.54) is 12.1 Å². The number of aromatic nitrogens is 1. The summed E-state index contributed by atoms with van der Waals surface area (Å²) in [7, 11) is 0. The lowest BCUT2D eigenvalue weighted by Crippen LogP contribution is -2.51. The number of carbonyl (C=O) groups is 4. The maximum atomic E-state index is 13.8. The van der Waals surface area contributed by atoms with Crippen molar-refractivity contribution in [1.29, 1.82) is 0 Å². The summed E-state index contributed by atoms with van der Waals surface area (Å²) in [4.78, 5) is 55.1. The molecule has 9 nitrogen and oxygen atoms in total. The highest BCUT2D eigenvalue weighted by Gasteiger charge is 2.31. The van der Waals surface area contributed by atoms with E-state index in [0.29, 0.717) is 30.5 Å². The van der Waals surface area contributed by atoms with Crippen LogP contribution in [0.4, 0.5) is 4.39 Å². The number of fused-ring (bicyclic) bond motifs is 1. The number of ether oxygens (including phenoxy) is 1. The van der Waals surface area contributed by atoms with Crippen LogP contribution in [0, 0.1) is 11.7 Å². The third-order valence-corrected chi connectivity index (χ3v) is 8.28. The van der Waals surface area contributed by atoms with Gasteiger partial charge in [-0.2, -0.15) is 0 Å². The van der Waals surface area contributed by atoms with Crippen molar-refractivity contribution in [3.05, 3.63) is 108 Å². The quantitative estimate of drug-likeness (QED) is 0.159. The molecule has 0 radical (unpaired) electrons. The van der Waals surface area contributed by atoms with Crippen LogP contribution in [-0.4, -0.2) is 53.9 Å². The zero-order chi connectivity index (χ0) is 31.3. The lowest BCUT2D eigenvalue weighted by Gasteiger charge is -2.23. The first-order chi connectivity index (χ1) is 21.8. The fraction of sp³-hybridized carbons (Fsp3) is 0.257. The molecule has 0 saturated carbocycles. The fourth-order valence-corrected chi connectivity index (χ4v) is 5.92. The topological polar surface area (TPSA) is 129 Å². The van der Waals surface area contributed by atoms with E-state index in [-0.39, 0.29) is 37.0 Å². The van der Waals surface area contributed by atoms with E-state index in [1.54, 1.807) is 24.3 Å². The van der Waals surface area contributed by atoms with Gasteiger partial charge in [0.25, 0.3) is 5.91 Å². The molecule has 3 aromatic carbocycles. The van der Waals surface area contributed by atoms with Crippen LogP contribution in [0.25, 0.3) is 22.0 Å². The number of nitrogens with one attached hydrogen (secondary N) is 4. The van der Waals surface area contributed by atoms with Crippen molar-refractivity contribution >= 4 is 34.5 Å². The summed E-state index contributed by atoms with van der Waals surface area (Å²) in [6.45, 7) is 0.804. The number of hydrogen-bond acceptors (Lipinski definition) is 5. The Kier molecular flexibility index (Phi) is 8.72. The number of hydrogen-bond donors (Lipinski definition) is 4. The minimum atomic E-state index is -1.04. The Morgan fingerprint density at radius 1 is 0.978 bits per heavy atom. The van der Waals surface area contributed by atoms with Crippen LogP contribution >= 0.6 is 0 Å². The molecule has 2 aliphatic heterocycles. The minimum Gasteiger partial charge on any atom is -0.462 e. The molecule has 45 heavy (non-hydrogen) atoms. The molecule has 3 atom stereocenters. The standard InChI is InChI=1S/C35H33FN4O5/c36-25-10-8-21(9-11-25)18-31(34(43)38-26(19-23-14-16-37-32(23)41)20-24-15-17-45-35(24)44)40-33(42)30-13-12-29(39-30)28-7-3-5-22-4-1-2-6-27(22)28/h1-13,20,23,26,31,39H,14-19H2,(H,37,41)(H,38,43)(H,40,42)/b24-20+/t23-,26-,31-/m0/s1. The molecule has 2 saturated heterocycles. The number of carbonyl (C=O) groups excluding carboxylic acids is 4. The van der Waals surface area contributed by atoms with Crippen molar-refractivity contribution < 1.29 is 28.3 Å². The summed E-state index contributed by atoms with van der Waals surface area (Å²) in [6.07, 6.45) is 3.04. The normalized spacial score (nSPS) is 18.4. The molecule has 4 N–H and O–H groups in total. The number of cyclic esters (lactones) is 1. The van der Waals surface area contributed by atoms with E-state index in [9.17, 15) is 23.6 Å². The van der Waals surface area contributed by atoms with Gasteiger partial charge in [-0.15, -0.1) is 0 Å². The molecule has 1 aromatic heterocycles. The number of benzene rings is 3. The summed E-state index contributed by atoms with van der Waals surface area (Å²) >= 11 is 0. The van der Waals surface area contributed by atoms with E-state index in [4.69, 9.17) is 4.74 Å². The van der Waals surface area contributed by atoms with Gasteiger partial charge in [-0.1, -0.05) is 60.7 Å². The van der Waals surface area contributed by atoms with E-state index in [0.717, 1.165) is 22.0 Å². The van der Waals surface area contributed by atoms with Crippen LogP contribution < -0.4 is 16.0 Å². The van der Waals surface area contributed by atoms with Gasteiger partial charge in [0.05, 0.1) is 6.61 Å². The monoisotopic (exact) mass is 608 g/mol. The highest BCUT2D eigenvalue weighted by molar-refractivity contribution is 5.99. The molecule has 3 amide bonds. The average molecular weight is 609 g/mol. The van der Waals surface area contributed by atoms with Crippen LogP contribution in [0.3, 0.4) is 0 Å². The molecule has 230 valence electrons. The van der Waals surface area contributed by atoms with Crippen molar-refractivity contribution in [1.82, 2.24) is 20.9 Å². The summed E-state index contributed by atoms with van der Waals surface area (Å²) < 4.78 is 18.7. The van der Waals surface area contributed by atoms with Crippen molar-refractivity contribution in [3.63, 3.8) is 0 Å². The van der Waals surface area contributed by atoms with Gasteiger partial charge in [-0.05, 0) is 53.4 Å². The summed E-state index contributed by atoms with van der Waals surface area (Å²) in [6, 6.07) is 21.4. The molecular weight excluding hydrogens is 575 g/mol. The summed E-state index contributed by atoms with van der Waals surface area (Å²) in [5.74, 6) is -2.29. The van der Waals surface area contributed by atoms with E-state index < -0.39 is 35.7 Å². The van der Waals surface area contributed by atoms with Crippen LogP contribution in [0.15, 0.2) is 90.5 Å². The van der Waals surface area contributed by atoms with E-state index in [2.05, 4.69) is 20.9 Å². The molecule has 0 spiro atoms. The molecule has 4 aromatic rings. The largest absolute Gasteiger partial charge is 0.462 e. The molecular formula is C35H33FN4O5. The predicted octanol–water partition coefficient (Wildman–Crippen LogP) is 4.20. The molecule has 0 bridgehead atoms. The number of H-pyrrole nitrogens is 1. The Hall–Kier alpha value is -5.25. The maximum Gasteiger partial charge on any atom is 0.333 e. The molecule has 0 aliphatic carbocycles. The lowest BCUT2D eigenvalue weighted by atomic mass is 9.95. The summed E-state index contributed by atoms with van der Waals surface area (Å²) in [5, 5.41) is 10.7. The zero-order valence-corrected chi connectivity index (χ0v) is 24.5. The second-order valence-corrected chi connectivity index (χ2v) is 11.4. The van der Waals surface area contributed by atoms with Gasteiger partial charge in [-0.25, -0.2) is 9.18 Å². The molecule has 0 unspecified atom stereocenters. The average Bonchev–Trinajstić information content (AvgIpc) is 3.80. The first-order valence-electron chi connectivity index (χ1n) is 15.0. The highest BCUT2D eigenvalue weighted by atomic mass is 19.1. The second-order valence-electron chi connectivity index (χ2n) is 11.4. The Bertz CT molecular complexity index is 1770. The fourth-order valence-electron chi connectivity index (χ4n) is 5.92. The van der Waals surface area contributed by atoms with Crippen LogP contribution in [-0.2, 0) is 25.5 Å². The molecule has 10 heteroatoms. The molecule has 3 heterocycles. The Balaban J connectivity index is 1.24. The van der Waals surface area contributed by atoms with E-state index >= 15 is 0 Å². The van der Waals surface area contributed by atoms with Gasteiger partial charge in [0.15, 0.2) is 0 Å². The molecule has 2 fully saturated rings. The van der Waals surface area contributed by atoms with Crippen molar-refractivity contribution in [2.75, 3.05) is 13.2 Å². The Morgan fingerprint density at radius 2 is 1.78 bits per heavy atom. The smallest absolute Gasteiger partial charge is 0.333 e. The number of aromatic amines is 1. The minimum absolute atomic E-state index is 0.0873.